The molecule has 0 aliphatic carbocycles. The summed E-state index contributed by atoms with van der Waals surface area (Å²) in [6.45, 7) is 3.81. The van der Waals surface area contributed by atoms with E-state index in [1.54, 1.807) is 25.3 Å². The van der Waals surface area contributed by atoms with E-state index in [4.69, 9.17) is 14.2 Å². The van der Waals surface area contributed by atoms with Crippen molar-refractivity contribution >= 4 is 17.2 Å². The summed E-state index contributed by atoms with van der Waals surface area (Å²) in [6.07, 6.45) is 1.46. The van der Waals surface area contributed by atoms with E-state index in [2.05, 4.69) is 11.4 Å². The van der Waals surface area contributed by atoms with Crippen molar-refractivity contribution in [1.82, 2.24) is 0 Å². The average molecular weight is 366 g/mol. The third-order valence-electron chi connectivity index (χ3n) is 3.80. The molecule has 0 heterocycles. The Morgan fingerprint density at radius 1 is 1.07 bits per heavy atom. The van der Waals surface area contributed by atoms with Crippen LogP contribution in [0.4, 0.5) is 5.69 Å². The summed E-state index contributed by atoms with van der Waals surface area (Å²) < 4.78 is 16.2. The molecule has 2 rings (SSSR count). The van der Waals surface area contributed by atoms with Crippen molar-refractivity contribution in [1.29, 1.82) is 5.26 Å². The normalized spacial score (nSPS) is 10.7. The molecule has 1 amide bonds. The van der Waals surface area contributed by atoms with Gasteiger partial charge in [0.05, 0.1) is 32.6 Å². The number of allylic oxidation sites excluding steroid dienone is 1. The molecule has 0 saturated carbocycles. The van der Waals surface area contributed by atoms with Gasteiger partial charge in [-0.15, -0.1) is 0 Å². The Morgan fingerprint density at radius 2 is 1.70 bits per heavy atom. The van der Waals surface area contributed by atoms with E-state index in [1.165, 1.54) is 20.1 Å². The number of carbonyl (C=O) groups excluding carboxylic acids is 1. The van der Waals surface area contributed by atoms with Gasteiger partial charge in [-0.05, 0) is 47.9 Å². The van der Waals surface area contributed by atoms with E-state index >= 15 is 0 Å². The molecule has 6 heteroatoms. The van der Waals surface area contributed by atoms with Gasteiger partial charge in [-0.1, -0.05) is 12.1 Å². The highest BCUT2D eigenvalue weighted by molar-refractivity contribution is 5.92. The molecule has 0 atom stereocenters. The minimum Gasteiger partial charge on any atom is -0.495 e. The highest BCUT2D eigenvalue weighted by atomic mass is 16.5. The van der Waals surface area contributed by atoms with Crippen LogP contribution in [0.5, 0.6) is 17.2 Å². The minimum atomic E-state index is -0.209. The number of carbonyl (C=O) groups is 1. The molecule has 0 fully saturated rings. The van der Waals surface area contributed by atoms with Crippen LogP contribution in [0.1, 0.15) is 25.0 Å². The lowest BCUT2D eigenvalue weighted by Gasteiger charge is -2.15. The molecular weight excluding hydrogens is 344 g/mol. The smallest absolute Gasteiger partial charge is 0.221 e. The second-order valence-electron chi connectivity index (χ2n) is 5.58. The molecule has 0 bridgehead atoms. The van der Waals surface area contributed by atoms with Crippen LogP contribution in [0.2, 0.25) is 0 Å². The molecule has 2 aromatic rings. The van der Waals surface area contributed by atoms with Gasteiger partial charge in [0.25, 0.3) is 0 Å². The van der Waals surface area contributed by atoms with Crippen molar-refractivity contribution in [2.24, 2.45) is 0 Å². The third kappa shape index (κ3) is 4.79. The van der Waals surface area contributed by atoms with Crippen molar-refractivity contribution in [3.63, 3.8) is 0 Å². The predicted molar refractivity (Wildman–Crippen MR) is 104 cm³/mol. The fourth-order valence-electron chi connectivity index (χ4n) is 2.67. The van der Waals surface area contributed by atoms with Crippen LogP contribution in [0.25, 0.3) is 5.57 Å². The molecule has 140 valence electrons. The highest BCUT2D eigenvalue weighted by Gasteiger charge is 2.13. The van der Waals surface area contributed by atoms with Gasteiger partial charge in [-0.3, -0.25) is 4.79 Å². The van der Waals surface area contributed by atoms with Gasteiger partial charge in [-0.25, -0.2) is 0 Å². The Bertz CT molecular complexity index is 898. The fourth-order valence-corrected chi connectivity index (χ4v) is 2.67. The van der Waals surface area contributed by atoms with Crippen LogP contribution < -0.4 is 19.5 Å². The van der Waals surface area contributed by atoms with E-state index in [0.717, 1.165) is 11.1 Å². The van der Waals surface area contributed by atoms with Gasteiger partial charge in [0.15, 0.2) is 11.5 Å². The maximum Gasteiger partial charge on any atom is 0.221 e. The number of methoxy groups -OCH3 is 2. The Balaban J connectivity index is 2.56. The maximum absolute atomic E-state index is 11.5. The molecule has 0 spiro atoms. The summed E-state index contributed by atoms with van der Waals surface area (Å²) in [6, 6.07) is 12.9. The third-order valence-corrected chi connectivity index (χ3v) is 3.80. The summed E-state index contributed by atoms with van der Waals surface area (Å²) in [7, 11) is 3.11. The summed E-state index contributed by atoms with van der Waals surface area (Å²) in [5.74, 6) is 1.54. The first-order valence-electron chi connectivity index (χ1n) is 8.41. The monoisotopic (exact) mass is 366 g/mol. The summed E-state index contributed by atoms with van der Waals surface area (Å²) >= 11 is 0. The zero-order chi connectivity index (χ0) is 19.8. The van der Waals surface area contributed by atoms with Gasteiger partial charge in [-0.2, -0.15) is 5.26 Å². The van der Waals surface area contributed by atoms with Crippen LogP contribution in [0.3, 0.4) is 0 Å². The van der Waals surface area contributed by atoms with Crippen LogP contribution in [-0.2, 0) is 4.79 Å². The van der Waals surface area contributed by atoms with E-state index in [1.807, 2.05) is 25.1 Å². The molecule has 0 aliphatic rings. The first kappa shape index (κ1) is 19.9. The van der Waals surface area contributed by atoms with E-state index in [0.29, 0.717) is 35.1 Å². The highest BCUT2D eigenvalue weighted by Crippen LogP contribution is 2.35. The standard InChI is InChI=1S/C21H22N2O4/c1-5-27-21-13-16(7-9-20(21)26-4)17(10-11-22)15-6-8-19(25-3)18(12-15)23-14(2)24/h6-10,12-13H,5H2,1-4H3,(H,23,24)/b17-10+. The fraction of sp³-hybridized carbons (Fsp3) is 0.238. The Morgan fingerprint density at radius 3 is 2.26 bits per heavy atom. The molecular formula is C21H22N2O4. The molecule has 27 heavy (non-hydrogen) atoms. The van der Waals surface area contributed by atoms with E-state index < -0.39 is 0 Å². The predicted octanol–water partition coefficient (Wildman–Crippen LogP) is 4.02. The molecule has 0 saturated heterocycles. The van der Waals surface area contributed by atoms with Crippen molar-refractivity contribution in [3.8, 4) is 23.3 Å². The number of nitrogens with zero attached hydrogens (tertiary/aromatic N) is 1. The molecule has 6 nitrogen and oxygen atoms in total. The minimum absolute atomic E-state index is 0.209. The second kappa shape index (κ2) is 9.30. The zero-order valence-corrected chi connectivity index (χ0v) is 15.8. The van der Waals surface area contributed by atoms with Crippen molar-refractivity contribution < 1.29 is 19.0 Å². The van der Waals surface area contributed by atoms with Gasteiger partial charge >= 0.3 is 0 Å². The number of rotatable bonds is 7. The average Bonchev–Trinajstić information content (AvgIpc) is 2.66. The molecule has 0 aromatic heterocycles. The number of nitriles is 1. The Labute approximate surface area is 159 Å². The largest absolute Gasteiger partial charge is 0.495 e. The maximum atomic E-state index is 11.5. The summed E-state index contributed by atoms with van der Waals surface area (Å²) in [4.78, 5) is 11.5. The molecule has 0 radical (unpaired) electrons. The number of ether oxygens (including phenoxy) is 3. The number of benzene rings is 2. The van der Waals surface area contributed by atoms with E-state index in [9.17, 15) is 10.1 Å². The summed E-state index contributed by atoms with van der Waals surface area (Å²) in [5, 5.41) is 12.0. The molecule has 0 aliphatic heterocycles. The number of amides is 1. The van der Waals surface area contributed by atoms with Gasteiger partial charge in [0.2, 0.25) is 5.91 Å². The SMILES string of the molecule is CCOc1cc(/C(=C/C#N)c2ccc(OC)c(NC(C)=O)c2)ccc1OC. The van der Waals surface area contributed by atoms with Crippen LogP contribution in [0.15, 0.2) is 42.5 Å². The number of hydrogen-bond acceptors (Lipinski definition) is 5. The number of nitrogens with one attached hydrogen (secondary N) is 1. The van der Waals surface area contributed by atoms with E-state index in [-0.39, 0.29) is 5.91 Å². The van der Waals surface area contributed by atoms with Crippen molar-refractivity contribution in [2.45, 2.75) is 13.8 Å². The van der Waals surface area contributed by atoms with Gasteiger partial charge in [0.1, 0.15) is 5.75 Å². The van der Waals surface area contributed by atoms with Crippen molar-refractivity contribution in [3.05, 3.63) is 53.6 Å². The van der Waals surface area contributed by atoms with Crippen molar-refractivity contribution in [2.75, 3.05) is 26.1 Å². The Hall–Kier alpha value is -3.46. The molecule has 2 aromatic carbocycles. The topological polar surface area (TPSA) is 80.6 Å². The van der Waals surface area contributed by atoms with Crippen LogP contribution >= 0.6 is 0 Å². The first-order chi connectivity index (χ1) is 13.0. The summed E-state index contributed by atoms with van der Waals surface area (Å²) in [5.41, 5.74) is 2.77. The van der Waals surface area contributed by atoms with Crippen LogP contribution in [0, 0.1) is 11.3 Å². The number of anilines is 1. The van der Waals surface area contributed by atoms with Gasteiger partial charge < -0.3 is 19.5 Å². The lowest BCUT2D eigenvalue weighted by molar-refractivity contribution is -0.114. The van der Waals surface area contributed by atoms with Crippen LogP contribution in [-0.4, -0.2) is 26.7 Å². The lowest BCUT2D eigenvalue weighted by Crippen LogP contribution is -2.07. The van der Waals surface area contributed by atoms with Gasteiger partial charge in [0, 0.05) is 13.0 Å². The second-order valence-corrected chi connectivity index (χ2v) is 5.58. The zero-order valence-electron chi connectivity index (χ0n) is 15.8. The molecule has 0 unspecified atom stereocenters. The first-order valence-corrected chi connectivity index (χ1v) is 8.41. The lowest BCUT2D eigenvalue weighted by atomic mass is 9.96. The quantitative estimate of drug-likeness (QED) is 0.749. The Kier molecular flexibility index (Phi) is 6.84. The number of hydrogen-bond donors (Lipinski definition) is 1. The molecule has 1 N–H and O–H groups in total.